The summed E-state index contributed by atoms with van der Waals surface area (Å²) in [5.41, 5.74) is 3.39. The van der Waals surface area contributed by atoms with Gasteiger partial charge in [0.2, 0.25) is 11.8 Å². The Morgan fingerprint density at radius 3 is 2.62 bits per heavy atom. The van der Waals surface area contributed by atoms with E-state index in [0.29, 0.717) is 5.69 Å². The van der Waals surface area contributed by atoms with Crippen LogP contribution in [0.1, 0.15) is 43.0 Å². The van der Waals surface area contributed by atoms with Gasteiger partial charge in [0.25, 0.3) is 0 Å². The fourth-order valence-electron chi connectivity index (χ4n) is 6.70. The summed E-state index contributed by atoms with van der Waals surface area (Å²) in [6.45, 7) is 7.64. The fourth-order valence-corrected chi connectivity index (χ4v) is 9.10. The molecule has 0 saturated carbocycles. The zero-order valence-corrected chi connectivity index (χ0v) is 22.5. The van der Waals surface area contributed by atoms with Gasteiger partial charge in [-0.3, -0.25) is 14.4 Å². The summed E-state index contributed by atoms with van der Waals surface area (Å²) < 4.78 is 4.63. The molecule has 8 heteroatoms. The number of ether oxygens (including phenoxy) is 1. The van der Waals surface area contributed by atoms with Gasteiger partial charge >= 0.3 is 5.97 Å². The van der Waals surface area contributed by atoms with Gasteiger partial charge in [-0.25, -0.2) is 0 Å². The number of likely N-dealkylation sites (tertiary alicyclic amines) is 1. The Kier molecular flexibility index (Phi) is 6.83. The number of thioether (sulfide) groups is 1. The topological polar surface area (TPSA) is 95.9 Å². The third-order valence-corrected chi connectivity index (χ3v) is 10.4. The zero-order chi connectivity index (χ0) is 26.5. The van der Waals surface area contributed by atoms with Crippen LogP contribution < -0.4 is 5.32 Å². The molecule has 2 amide bonds. The van der Waals surface area contributed by atoms with Crippen molar-refractivity contribution >= 4 is 35.2 Å². The predicted octanol–water partition coefficient (Wildman–Crippen LogP) is 3.88. The molecule has 2 aromatic carbocycles. The third-order valence-electron chi connectivity index (χ3n) is 8.33. The van der Waals surface area contributed by atoms with E-state index in [-0.39, 0.29) is 42.2 Å². The predicted molar refractivity (Wildman–Crippen MR) is 143 cm³/mol. The van der Waals surface area contributed by atoms with Crippen LogP contribution in [0, 0.1) is 31.6 Å². The van der Waals surface area contributed by atoms with E-state index >= 15 is 0 Å². The maximum atomic E-state index is 14.3. The highest BCUT2D eigenvalue weighted by Gasteiger charge is 2.77. The first-order chi connectivity index (χ1) is 17.7. The van der Waals surface area contributed by atoms with Crippen molar-refractivity contribution in [1.82, 2.24) is 4.90 Å². The molecule has 0 radical (unpaired) electrons. The fraction of sp³-hybridized carbons (Fsp3) is 0.483. The van der Waals surface area contributed by atoms with Gasteiger partial charge < -0.3 is 20.1 Å². The van der Waals surface area contributed by atoms with E-state index in [1.165, 1.54) is 0 Å². The van der Waals surface area contributed by atoms with E-state index in [1.54, 1.807) is 23.6 Å². The Hall–Kier alpha value is -2.84. The number of esters is 1. The molecule has 1 spiro atoms. The number of aliphatic hydroxyl groups excluding tert-OH is 1. The first-order valence-corrected chi connectivity index (χ1v) is 13.8. The summed E-state index contributed by atoms with van der Waals surface area (Å²) in [6, 6.07) is 13.6. The molecular formula is C29H34N2O5S. The van der Waals surface area contributed by atoms with Gasteiger partial charge in [-0.2, -0.15) is 0 Å². The number of rotatable bonds is 7. The van der Waals surface area contributed by atoms with Crippen LogP contribution in [0.5, 0.6) is 0 Å². The number of amides is 2. The van der Waals surface area contributed by atoms with Crippen LogP contribution in [0.3, 0.4) is 0 Å². The molecule has 2 N–H and O–H groups in total. The Balaban J connectivity index is 1.63. The molecule has 37 heavy (non-hydrogen) atoms. The standard InChI is InChI=1S/C29H34N2O5S/c1-5-36-28(35)23-22-14-18(4)29(37-22)24(23)27(34)31(21(15-32)19-9-7-6-8-10-19)25(29)26(33)30-20-13-16(2)11-12-17(20)3/h6-13,18,21-25,32H,5,14-15H2,1-4H3,(H,30,33)/t18?,21-,22+,23-,24+,25?,29?/m1/s1. The Morgan fingerprint density at radius 2 is 1.95 bits per heavy atom. The van der Waals surface area contributed by atoms with E-state index < -0.39 is 28.7 Å². The maximum Gasteiger partial charge on any atom is 0.310 e. The molecule has 5 rings (SSSR count). The average molecular weight is 523 g/mol. The second-order valence-corrected chi connectivity index (χ2v) is 12.0. The Bertz CT molecular complexity index is 1220. The number of anilines is 1. The number of hydrogen-bond acceptors (Lipinski definition) is 6. The number of benzene rings is 2. The van der Waals surface area contributed by atoms with Crippen LogP contribution in [-0.2, 0) is 19.1 Å². The number of fused-ring (bicyclic) bond motifs is 1. The van der Waals surface area contributed by atoms with Gasteiger partial charge in [-0.15, -0.1) is 11.8 Å². The van der Waals surface area contributed by atoms with Gasteiger partial charge in [-0.1, -0.05) is 49.4 Å². The summed E-state index contributed by atoms with van der Waals surface area (Å²) in [7, 11) is 0. The molecule has 3 heterocycles. The van der Waals surface area contributed by atoms with Crippen LogP contribution in [0.25, 0.3) is 0 Å². The van der Waals surface area contributed by atoms with E-state index in [9.17, 15) is 19.5 Å². The average Bonchev–Trinajstić information content (AvgIpc) is 3.47. The molecule has 196 valence electrons. The highest BCUT2D eigenvalue weighted by molar-refractivity contribution is 8.02. The lowest BCUT2D eigenvalue weighted by molar-refractivity contribution is -0.154. The molecular weight excluding hydrogens is 488 g/mol. The Labute approximate surface area is 222 Å². The first kappa shape index (κ1) is 25.8. The van der Waals surface area contributed by atoms with Crippen LogP contribution in [-0.4, -0.2) is 57.0 Å². The molecule has 2 bridgehead atoms. The molecule has 7 atom stereocenters. The lowest BCUT2D eigenvalue weighted by Crippen LogP contribution is -2.55. The van der Waals surface area contributed by atoms with Gasteiger partial charge in [0.05, 0.1) is 35.8 Å². The molecule has 0 aromatic heterocycles. The van der Waals surface area contributed by atoms with Crippen LogP contribution in [0.15, 0.2) is 48.5 Å². The molecule has 3 saturated heterocycles. The van der Waals surface area contributed by atoms with Crippen molar-refractivity contribution < 1.29 is 24.2 Å². The lowest BCUT2D eigenvalue weighted by atomic mass is 9.66. The summed E-state index contributed by atoms with van der Waals surface area (Å²) in [4.78, 5) is 43.3. The third kappa shape index (κ3) is 3.96. The largest absolute Gasteiger partial charge is 0.466 e. The van der Waals surface area contributed by atoms with Crippen molar-refractivity contribution in [1.29, 1.82) is 0 Å². The van der Waals surface area contributed by atoms with E-state index in [2.05, 4.69) is 12.2 Å². The number of carbonyl (C=O) groups excluding carboxylic acids is 3. The monoisotopic (exact) mass is 522 g/mol. The normalized spacial score (nSPS) is 30.8. The minimum atomic E-state index is -0.855. The smallest absolute Gasteiger partial charge is 0.310 e. The van der Waals surface area contributed by atoms with Crippen molar-refractivity contribution in [3.63, 3.8) is 0 Å². The summed E-state index contributed by atoms with van der Waals surface area (Å²) in [5, 5.41) is 13.6. The second kappa shape index (κ2) is 9.80. The summed E-state index contributed by atoms with van der Waals surface area (Å²) in [5.74, 6) is -2.19. The number of hydrogen-bond donors (Lipinski definition) is 2. The number of nitrogens with one attached hydrogen (secondary N) is 1. The zero-order valence-electron chi connectivity index (χ0n) is 21.6. The van der Waals surface area contributed by atoms with Crippen molar-refractivity contribution in [2.45, 2.75) is 56.2 Å². The quantitative estimate of drug-likeness (QED) is 0.536. The van der Waals surface area contributed by atoms with Gasteiger partial charge in [-0.05, 0) is 55.9 Å². The van der Waals surface area contributed by atoms with Gasteiger partial charge in [0, 0.05) is 10.9 Å². The van der Waals surface area contributed by atoms with Crippen molar-refractivity contribution in [2.75, 3.05) is 18.5 Å². The minimum absolute atomic E-state index is 0.0246. The number of nitrogens with zero attached hydrogens (tertiary/aromatic N) is 1. The number of aryl methyl sites for hydroxylation is 2. The van der Waals surface area contributed by atoms with Crippen LogP contribution in [0.4, 0.5) is 5.69 Å². The van der Waals surface area contributed by atoms with Gasteiger partial charge in [0.15, 0.2) is 0 Å². The van der Waals surface area contributed by atoms with E-state index in [0.717, 1.165) is 23.1 Å². The van der Waals surface area contributed by atoms with Crippen molar-refractivity contribution in [3.05, 3.63) is 65.2 Å². The van der Waals surface area contributed by atoms with Crippen LogP contribution >= 0.6 is 11.8 Å². The molecule has 0 aliphatic carbocycles. The molecule has 2 aromatic rings. The highest BCUT2D eigenvalue weighted by Crippen LogP contribution is 2.69. The molecule has 3 aliphatic heterocycles. The second-order valence-electron chi connectivity index (χ2n) is 10.5. The maximum absolute atomic E-state index is 14.3. The Morgan fingerprint density at radius 1 is 1.22 bits per heavy atom. The van der Waals surface area contributed by atoms with Crippen molar-refractivity contribution in [3.8, 4) is 0 Å². The summed E-state index contributed by atoms with van der Waals surface area (Å²) in [6.07, 6.45) is 0.730. The van der Waals surface area contributed by atoms with Crippen LogP contribution in [0.2, 0.25) is 0 Å². The number of carbonyl (C=O) groups is 3. The van der Waals surface area contributed by atoms with Gasteiger partial charge in [0.1, 0.15) is 6.04 Å². The summed E-state index contributed by atoms with van der Waals surface area (Å²) >= 11 is 1.60. The van der Waals surface area contributed by atoms with E-state index in [1.807, 2.05) is 62.4 Å². The minimum Gasteiger partial charge on any atom is -0.466 e. The first-order valence-electron chi connectivity index (χ1n) is 12.9. The van der Waals surface area contributed by atoms with E-state index in [4.69, 9.17) is 4.74 Å². The highest BCUT2D eigenvalue weighted by atomic mass is 32.2. The molecule has 7 nitrogen and oxygen atoms in total. The molecule has 3 aliphatic rings. The lowest BCUT2D eigenvalue weighted by Gasteiger charge is -2.40. The van der Waals surface area contributed by atoms with Crippen molar-refractivity contribution in [2.24, 2.45) is 17.8 Å². The molecule has 3 unspecified atom stereocenters. The number of aliphatic hydroxyl groups is 1. The molecule has 3 fully saturated rings. The SMILES string of the molecule is CCOC(=O)[C@@H]1[C@@H]2CC(C)C3(S2)C(C(=O)Nc2cc(C)ccc2C)N([C@H](CO)c2ccccc2)C(=O)[C@H]13.